The quantitative estimate of drug-likeness (QED) is 0.727. The van der Waals surface area contributed by atoms with Crippen molar-refractivity contribution in [2.75, 3.05) is 19.6 Å². The van der Waals surface area contributed by atoms with Crippen LogP contribution in [0.5, 0.6) is 0 Å². The van der Waals surface area contributed by atoms with Gasteiger partial charge < -0.3 is 10.8 Å². The fourth-order valence-electron chi connectivity index (χ4n) is 5.22. The Morgan fingerprint density at radius 3 is 2.19 bits per heavy atom. The summed E-state index contributed by atoms with van der Waals surface area (Å²) in [5.41, 5.74) is 6.80. The van der Waals surface area contributed by atoms with E-state index in [4.69, 9.17) is 5.73 Å². The number of β-amino-alcohol motifs (C(OH)–C–C–N with tert-alkyl or cyclic N) is 1. The molecular weight excluding hydrogens is 402 g/mol. The Bertz CT molecular complexity index is 894. The van der Waals surface area contributed by atoms with Crippen LogP contribution in [0.3, 0.4) is 0 Å². The van der Waals surface area contributed by atoms with Crippen LogP contribution in [0.2, 0.25) is 0 Å². The summed E-state index contributed by atoms with van der Waals surface area (Å²) in [4.78, 5) is 30.5. The molecule has 2 aliphatic rings. The number of hydrogen-bond donors (Lipinski definition) is 2. The molecular formula is C26H33N3O3. The summed E-state index contributed by atoms with van der Waals surface area (Å²) in [6, 6.07) is 19.4. The highest BCUT2D eigenvalue weighted by Crippen LogP contribution is 2.41. The SMILES string of the molecule is CC(CC(C(=O)N1CCCC1=O)(c1ccccc1)c1ccccc1)N1CC[C@@H](N)[C@H](O)C1. The summed E-state index contributed by atoms with van der Waals surface area (Å²) < 4.78 is 0. The van der Waals surface area contributed by atoms with Crippen LogP contribution in [0.1, 0.15) is 43.7 Å². The van der Waals surface area contributed by atoms with Crippen molar-refractivity contribution in [3.05, 3.63) is 71.8 Å². The van der Waals surface area contributed by atoms with Crippen molar-refractivity contribution in [3.8, 4) is 0 Å². The number of imide groups is 1. The zero-order chi connectivity index (χ0) is 22.7. The van der Waals surface area contributed by atoms with Crippen LogP contribution in [0.4, 0.5) is 0 Å². The maximum Gasteiger partial charge on any atom is 0.244 e. The Balaban J connectivity index is 1.79. The smallest absolute Gasteiger partial charge is 0.244 e. The molecule has 3 atom stereocenters. The third kappa shape index (κ3) is 4.22. The van der Waals surface area contributed by atoms with E-state index in [0.717, 1.165) is 17.7 Å². The first-order valence-corrected chi connectivity index (χ1v) is 11.6. The highest BCUT2D eigenvalue weighted by Gasteiger charge is 2.48. The van der Waals surface area contributed by atoms with Gasteiger partial charge in [0.15, 0.2) is 0 Å². The summed E-state index contributed by atoms with van der Waals surface area (Å²) in [6.45, 7) is 3.82. The lowest BCUT2D eigenvalue weighted by atomic mass is 9.69. The lowest BCUT2D eigenvalue weighted by Crippen LogP contribution is -2.56. The molecule has 4 rings (SSSR count). The summed E-state index contributed by atoms with van der Waals surface area (Å²) in [6.07, 6.45) is 1.76. The second-order valence-corrected chi connectivity index (χ2v) is 9.16. The van der Waals surface area contributed by atoms with Gasteiger partial charge in [0.05, 0.1) is 6.10 Å². The largest absolute Gasteiger partial charge is 0.390 e. The van der Waals surface area contributed by atoms with Crippen molar-refractivity contribution in [1.82, 2.24) is 9.80 Å². The molecule has 2 aliphatic heterocycles. The second kappa shape index (κ2) is 9.53. The van der Waals surface area contributed by atoms with E-state index in [2.05, 4.69) is 11.8 Å². The number of nitrogens with two attached hydrogens (primary N) is 1. The van der Waals surface area contributed by atoms with E-state index in [1.165, 1.54) is 4.90 Å². The molecule has 2 aromatic carbocycles. The lowest BCUT2D eigenvalue weighted by Gasteiger charge is -2.43. The fourth-order valence-corrected chi connectivity index (χ4v) is 5.22. The predicted octanol–water partition coefficient (Wildman–Crippen LogP) is 2.29. The molecule has 2 saturated heterocycles. The van der Waals surface area contributed by atoms with E-state index in [0.29, 0.717) is 38.8 Å². The van der Waals surface area contributed by atoms with Crippen LogP contribution in [-0.4, -0.2) is 64.5 Å². The zero-order valence-corrected chi connectivity index (χ0v) is 18.7. The number of likely N-dealkylation sites (tertiary alicyclic amines) is 2. The van der Waals surface area contributed by atoms with Gasteiger partial charge in [0.2, 0.25) is 11.8 Å². The maximum absolute atomic E-state index is 14.2. The van der Waals surface area contributed by atoms with Gasteiger partial charge in [-0.15, -0.1) is 0 Å². The Morgan fingerprint density at radius 1 is 1.09 bits per heavy atom. The van der Waals surface area contributed by atoms with Crippen molar-refractivity contribution in [2.24, 2.45) is 5.73 Å². The lowest BCUT2D eigenvalue weighted by molar-refractivity contribution is -0.145. The van der Waals surface area contributed by atoms with Gasteiger partial charge in [0.25, 0.3) is 0 Å². The molecule has 0 aromatic heterocycles. The first kappa shape index (κ1) is 22.6. The molecule has 2 aromatic rings. The number of benzene rings is 2. The Hall–Kier alpha value is -2.54. The first-order valence-electron chi connectivity index (χ1n) is 11.6. The number of piperidine rings is 1. The number of aliphatic hydroxyl groups is 1. The van der Waals surface area contributed by atoms with Crippen molar-refractivity contribution in [2.45, 2.75) is 56.2 Å². The van der Waals surface area contributed by atoms with E-state index < -0.39 is 11.5 Å². The van der Waals surface area contributed by atoms with Crippen molar-refractivity contribution in [3.63, 3.8) is 0 Å². The number of carbonyl (C=O) groups excluding carboxylic acids is 2. The molecule has 1 unspecified atom stereocenters. The van der Waals surface area contributed by atoms with E-state index in [-0.39, 0.29) is 23.9 Å². The summed E-state index contributed by atoms with van der Waals surface area (Å²) in [7, 11) is 0. The number of rotatable bonds is 6. The molecule has 6 heteroatoms. The monoisotopic (exact) mass is 435 g/mol. The molecule has 0 aliphatic carbocycles. The average molecular weight is 436 g/mol. The van der Waals surface area contributed by atoms with E-state index in [9.17, 15) is 14.7 Å². The number of aliphatic hydroxyl groups excluding tert-OH is 1. The maximum atomic E-state index is 14.2. The Kier molecular flexibility index (Phi) is 6.74. The van der Waals surface area contributed by atoms with Crippen molar-refractivity contribution in [1.29, 1.82) is 0 Å². The van der Waals surface area contributed by atoms with E-state index in [1.807, 2.05) is 60.7 Å². The standard InChI is InChI=1S/C26H33N3O3/c1-19(28-16-14-22(27)23(30)18-28)17-26(20-9-4-2-5-10-20,21-11-6-3-7-12-21)25(32)29-15-8-13-24(29)31/h2-7,9-12,19,22-23,30H,8,13-18,27H2,1H3/t19?,22-,23-/m1/s1. The Labute approximate surface area is 190 Å². The molecule has 0 radical (unpaired) electrons. The molecule has 6 nitrogen and oxygen atoms in total. The fraction of sp³-hybridized carbons (Fsp3) is 0.462. The number of carbonyl (C=O) groups is 2. The van der Waals surface area contributed by atoms with Crippen LogP contribution in [0.15, 0.2) is 60.7 Å². The van der Waals surface area contributed by atoms with Crippen LogP contribution >= 0.6 is 0 Å². The van der Waals surface area contributed by atoms with Gasteiger partial charge in [-0.3, -0.25) is 19.4 Å². The molecule has 3 N–H and O–H groups in total. The predicted molar refractivity (Wildman–Crippen MR) is 124 cm³/mol. The number of nitrogens with zero attached hydrogens (tertiary/aromatic N) is 2. The summed E-state index contributed by atoms with van der Waals surface area (Å²) in [5, 5.41) is 10.4. The van der Waals surface area contributed by atoms with Gasteiger partial charge in [-0.05, 0) is 37.3 Å². The molecule has 2 heterocycles. The highest BCUT2D eigenvalue weighted by atomic mass is 16.3. The van der Waals surface area contributed by atoms with Gasteiger partial charge in [-0.25, -0.2) is 0 Å². The van der Waals surface area contributed by atoms with Crippen LogP contribution in [0, 0.1) is 0 Å². The van der Waals surface area contributed by atoms with Gasteiger partial charge in [-0.1, -0.05) is 60.7 Å². The summed E-state index contributed by atoms with van der Waals surface area (Å²) >= 11 is 0. The van der Waals surface area contributed by atoms with Gasteiger partial charge in [0, 0.05) is 38.1 Å². The molecule has 170 valence electrons. The van der Waals surface area contributed by atoms with Crippen molar-refractivity contribution >= 4 is 11.8 Å². The normalized spacial score (nSPS) is 23.3. The molecule has 0 bridgehead atoms. The number of hydrogen-bond acceptors (Lipinski definition) is 5. The molecule has 2 amide bonds. The van der Waals surface area contributed by atoms with E-state index >= 15 is 0 Å². The molecule has 2 fully saturated rings. The van der Waals surface area contributed by atoms with Gasteiger partial charge in [-0.2, -0.15) is 0 Å². The minimum atomic E-state index is -0.994. The van der Waals surface area contributed by atoms with Crippen LogP contribution < -0.4 is 5.73 Å². The molecule has 0 spiro atoms. The van der Waals surface area contributed by atoms with Crippen LogP contribution in [0.25, 0.3) is 0 Å². The van der Waals surface area contributed by atoms with Gasteiger partial charge >= 0.3 is 0 Å². The molecule has 32 heavy (non-hydrogen) atoms. The molecule has 0 saturated carbocycles. The van der Waals surface area contributed by atoms with Gasteiger partial charge in [0.1, 0.15) is 5.41 Å². The third-order valence-corrected chi connectivity index (χ3v) is 7.11. The first-order chi connectivity index (χ1) is 15.4. The summed E-state index contributed by atoms with van der Waals surface area (Å²) in [5.74, 6) is -0.253. The average Bonchev–Trinajstić information content (AvgIpc) is 3.25. The minimum Gasteiger partial charge on any atom is -0.390 e. The Morgan fingerprint density at radius 2 is 1.69 bits per heavy atom. The minimum absolute atomic E-state index is 0.000725. The highest BCUT2D eigenvalue weighted by molar-refractivity contribution is 6.03. The third-order valence-electron chi connectivity index (χ3n) is 7.11. The second-order valence-electron chi connectivity index (χ2n) is 9.16. The number of amides is 2. The van der Waals surface area contributed by atoms with E-state index in [1.54, 1.807) is 0 Å². The van der Waals surface area contributed by atoms with Crippen molar-refractivity contribution < 1.29 is 14.7 Å². The zero-order valence-electron chi connectivity index (χ0n) is 18.7. The van der Waals surface area contributed by atoms with Crippen LogP contribution in [-0.2, 0) is 15.0 Å². The topological polar surface area (TPSA) is 86.9 Å².